The maximum Gasteiger partial charge on any atom is 0.257 e. The average Bonchev–Trinajstić information content (AvgIpc) is 2.67. The molecular weight excluding hydrogens is 394 g/mol. The molecule has 2 rings (SSSR count). The number of hydrogen-bond donors (Lipinski definition) is 1. The molecular formula is C21H26BrNO3. The molecule has 0 fully saturated rings. The molecule has 0 aliphatic rings. The van der Waals surface area contributed by atoms with E-state index in [1.54, 1.807) is 24.1 Å². The minimum Gasteiger partial charge on any atom is -0.493 e. The fourth-order valence-corrected chi connectivity index (χ4v) is 3.00. The van der Waals surface area contributed by atoms with Gasteiger partial charge < -0.3 is 14.7 Å². The normalized spacial score (nSPS) is 13.1. The van der Waals surface area contributed by atoms with Crippen molar-refractivity contribution in [1.82, 2.24) is 4.90 Å². The van der Waals surface area contributed by atoms with Gasteiger partial charge >= 0.3 is 0 Å². The van der Waals surface area contributed by atoms with E-state index in [1.807, 2.05) is 43.3 Å². The Morgan fingerprint density at radius 3 is 2.58 bits per heavy atom. The van der Waals surface area contributed by atoms with Crippen LogP contribution in [0.1, 0.15) is 48.7 Å². The second kappa shape index (κ2) is 9.74. The maximum atomic E-state index is 13.0. The zero-order valence-corrected chi connectivity index (χ0v) is 17.1. The molecule has 0 saturated heterocycles. The zero-order valence-electron chi connectivity index (χ0n) is 15.5. The first-order valence-electron chi connectivity index (χ1n) is 8.88. The monoisotopic (exact) mass is 419 g/mol. The van der Waals surface area contributed by atoms with Gasteiger partial charge in [-0.25, -0.2) is 0 Å². The quantitative estimate of drug-likeness (QED) is 0.623. The van der Waals surface area contributed by atoms with E-state index < -0.39 is 6.10 Å². The first-order valence-corrected chi connectivity index (χ1v) is 9.67. The second-order valence-electron chi connectivity index (χ2n) is 6.35. The zero-order chi connectivity index (χ0) is 19.1. The highest BCUT2D eigenvalue weighted by Gasteiger charge is 2.26. The topological polar surface area (TPSA) is 49.8 Å². The summed E-state index contributed by atoms with van der Waals surface area (Å²) in [5.41, 5.74) is 1.28. The third-order valence-electron chi connectivity index (χ3n) is 4.46. The summed E-state index contributed by atoms with van der Waals surface area (Å²) in [4.78, 5) is 14.6. The number of aliphatic hydroxyl groups is 1. The van der Waals surface area contributed by atoms with Gasteiger partial charge in [0.15, 0.2) is 0 Å². The number of benzene rings is 2. The van der Waals surface area contributed by atoms with Crippen molar-refractivity contribution in [2.75, 3.05) is 13.7 Å². The summed E-state index contributed by atoms with van der Waals surface area (Å²) in [5, 5.41) is 10.6. The van der Waals surface area contributed by atoms with E-state index in [1.165, 1.54) is 0 Å². The summed E-state index contributed by atoms with van der Waals surface area (Å²) >= 11 is 3.42. The number of amides is 1. The standard InChI is InChI=1S/C21H26BrNO3/c1-4-5-13-26-19-12-11-17(22)14-18(19)21(25)23(3)15(2)20(24)16-9-7-6-8-10-16/h6-12,14-15,20,24H,4-5,13H2,1-3H3. The van der Waals surface area contributed by atoms with E-state index in [-0.39, 0.29) is 11.9 Å². The lowest BCUT2D eigenvalue weighted by molar-refractivity contribution is 0.0483. The molecule has 5 heteroatoms. The summed E-state index contributed by atoms with van der Waals surface area (Å²) in [6.45, 7) is 4.51. The van der Waals surface area contributed by atoms with E-state index in [2.05, 4.69) is 22.9 Å². The van der Waals surface area contributed by atoms with Crippen molar-refractivity contribution in [3.05, 3.63) is 64.1 Å². The van der Waals surface area contributed by atoms with Gasteiger partial charge in [-0.2, -0.15) is 0 Å². The van der Waals surface area contributed by atoms with Crippen LogP contribution in [0.4, 0.5) is 0 Å². The number of carbonyl (C=O) groups excluding carboxylic acids is 1. The van der Waals surface area contributed by atoms with Crippen molar-refractivity contribution in [3.8, 4) is 5.75 Å². The largest absolute Gasteiger partial charge is 0.493 e. The van der Waals surface area contributed by atoms with Crippen molar-refractivity contribution in [1.29, 1.82) is 0 Å². The molecule has 0 aliphatic heterocycles. The summed E-state index contributed by atoms with van der Waals surface area (Å²) in [6, 6.07) is 14.4. The van der Waals surface area contributed by atoms with Crippen LogP contribution < -0.4 is 4.74 Å². The fourth-order valence-electron chi connectivity index (χ4n) is 2.64. The number of hydrogen-bond acceptors (Lipinski definition) is 3. The Hall–Kier alpha value is -1.85. The lowest BCUT2D eigenvalue weighted by Crippen LogP contribution is -2.39. The fraction of sp³-hybridized carbons (Fsp3) is 0.381. The second-order valence-corrected chi connectivity index (χ2v) is 7.27. The predicted octanol–water partition coefficient (Wildman–Crippen LogP) is 4.82. The van der Waals surface area contributed by atoms with Crippen LogP contribution in [0.3, 0.4) is 0 Å². The van der Waals surface area contributed by atoms with Crippen LogP contribution in [0, 0.1) is 0 Å². The molecule has 0 aromatic heterocycles. The Morgan fingerprint density at radius 1 is 1.23 bits per heavy atom. The van der Waals surface area contributed by atoms with Crippen LogP contribution >= 0.6 is 15.9 Å². The third-order valence-corrected chi connectivity index (χ3v) is 4.95. The molecule has 2 atom stereocenters. The van der Waals surface area contributed by atoms with Gasteiger partial charge in [-0.1, -0.05) is 59.6 Å². The number of carbonyl (C=O) groups is 1. The van der Waals surface area contributed by atoms with Crippen molar-refractivity contribution in [2.24, 2.45) is 0 Å². The Kier molecular flexibility index (Phi) is 7.66. The highest BCUT2D eigenvalue weighted by molar-refractivity contribution is 9.10. The van der Waals surface area contributed by atoms with Gasteiger partial charge in [0, 0.05) is 11.5 Å². The van der Waals surface area contributed by atoms with Crippen LogP contribution in [0.2, 0.25) is 0 Å². The minimum atomic E-state index is -0.762. The molecule has 1 N–H and O–H groups in total. The van der Waals surface area contributed by atoms with Gasteiger partial charge in [0.05, 0.1) is 24.3 Å². The van der Waals surface area contributed by atoms with Crippen molar-refractivity contribution in [3.63, 3.8) is 0 Å². The van der Waals surface area contributed by atoms with Crippen LogP contribution in [-0.2, 0) is 0 Å². The number of halogens is 1. The third kappa shape index (κ3) is 5.08. The summed E-state index contributed by atoms with van der Waals surface area (Å²) < 4.78 is 6.61. The number of aliphatic hydroxyl groups excluding tert-OH is 1. The van der Waals surface area contributed by atoms with Crippen LogP contribution in [0.5, 0.6) is 5.75 Å². The Labute approximate surface area is 163 Å². The molecule has 26 heavy (non-hydrogen) atoms. The summed E-state index contributed by atoms with van der Waals surface area (Å²) in [7, 11) is 1.70. The molecule has 0 spiro atoms. The first kappa shape index (κ1) is 20.5. The lowest BCUT2D eigenvalue weighted by atomic mass is 10.0. The molecule has 0 bridgehead atoms. The number of likely N-dealkylation sites (N-methyl/N-ethyl adjacent to an activating group) is 1. The Balaban J connectivity index is 2.20. The predicted molar refractivity (Wildman–Crippen MR) is 108 cm³/mol. The molecule has 0 aliphatic carbocycles. The van der Waals surface area contributed by atoms with Gasteiger partial charge in [-0.3, -0.25) is 4.79 Å². The van der Waals surface area contributed by atoms with Crippen LogP contribution in [0.15, 0.2) is 53.0 Å². The molecule has 4 nitrogen and oxygen atoms in total. The molecule has 0 heterocycles. The first-order chi connectivity index (χ1) is 12.5. The number of ether oxygens (including phenoxy) is 1. The SMILES string of the molecule is CCCCOc1ccc(Br)cc1C(=O)N(C)C(C)C(O)c1ccccc1. The highest BCUT2D eigenvalue weighted by Crippen LogP contribution is 2.27. The molecule has 2 aromatic carbocycles. The van der Waals surface area contributed by atoms with Gasteiger partial charge in [-0.05, 0) is 37.1 Å². The minimum absolute atomic E-state index is 0.180. The van der Waals surface area contributed by atoms with E-state index in [4.69, 9.17) is 4.74 Å². The van der Waals surface area contributed by atoms with Crippen molar-refractivity contribution < 1.29 is 14.6 Å². The molecule has 140 valence electrons. The van der Waals surface area contributed by atoms with Crippen molar-refractivity contribution >= 4 is 21.8 Å². The number of unbranched alkanes of at least 4 members (excludes halogenated alkanes) is 1. The molecule has 0 radical (unpaired) electrons. The smallest absolute Gasteiger partial charge is 0.257 e. The van der Waals surface area contributed by atoms with Gasteiger partial charge in [0.25, 0.3) is 5.91 Å². The molecule has 2 aromatic rings. The Morgan fingerprint density at radius 2 is 1.92 bits per heavy atom. The van der Waals surface area contributed by atoms with E-state index in [0.29, 0.717) is 17.9 Å². The lowest BCUT2D eigenvalue weighted by Gasteiger charge is -2.30. The van der Waals surface area contributed by atoms with E-state index in [9.17, 15) is 9.90 Å². The maximum absolute atomic E-state index is 13.0. The van der Waals surface area contributed by atoms with E-state index >= 15 is 0 Å². The van der Waals surface area contributed by atoms with E-state index in [0.717, 1.165) is 22.9 Å². The van der Waals surface area contributed by atoms with Gasteiger partial charge in [0.2, 0.25) is 0 Å². The molecule has 1 amide bonds. The highest BCUT2D eigenvalue weighted by atomic mass is 79.9. The van der Waals surface area contributed by atoms with Gasteiger partial charge in [0.1, 0.15) is 5.75 Å². The average molecular weight is 420 g/mol. The van der Waals surface area contributed by atoms with Crippen LogP contribution in [-0.4, -0.2) is 35.6 Å². The van der Waals surface area contributed by atoms with Crippen molar-refractivity contribution in [2.45, 2.75) is 38.8 Å². The number of rotatable bonds is 8. The molecule has 0 saturated carbocycles. The van der Waals surface area contributed by atoms with Crippen LogP contribution in [0.25, 0.3) is 0 Å². The van der Waals surface area contributed by atoms with Gasteiger partial charge in [-0.15, -0.1) is 0 Å². The number of nitrogens with zero attached hydrogens (tertiary/aromatic N) is 1. The summed E-state index contributed by atoms with van der Waals surface area (Å²) in [6.07, 6.45) is 1.20. The summed E-state index contributed by atoms with van der Waals surface area (Å²) in [5.74, 6) is 0.389. The Bertz CT molecular complexity index is 720. The molecule has 2 unspecified atom stereocenters.